The molecule has 1 aliphatic rings. The van der Waals surface area contributed by atoms with Crippen LogP contribution >= 0.6 is 0 Å². The molecule has 24 heteroatoms. The molecular formula is C70H58BF4Ir4N13O2-6. The second-order valence-corrected chi connectivity index (χ2v) is 20.0. The van der Waals surface area contributed by atoms with E-state index < -0.39 is 30.0 Å². The zero-order chi connectivity index (χ0) is 63.4. The third kappa shape index (κ3) is 19.8. The van der Waals surface area contributed by atoms with Gasteiger partial charge in [0.2, 0.25) is 0 Å². The number of benzene rings is 6. The minimum atomic E-state index is -1.83. The molecule has 0 amide bonds. The molecule has 1 aliphatic heterocycles. The molecule has 0 bridgehead atoms. The average molecular weight is 1970 g/mol. The van der Waals surface area contributed by atoms with Gasteiger partial charge in [0.25, 0.3) is 0 Å². The first-order valence-electron chi connectivity index (χ1n) is 28.1. The number of carbonyl (C=O) groups excluding carboxylic acids is 1. The number of halogens is 4. The van der Waals surface area contributed by atoms with Crippen molar-refractivity contribution in [1.82, 2.24) is 53.7 Å². The van der Waals surface area contributed by atoms with Crippen LogP contribution in [-0.4, -0.2) is 78.3 Å². The van der Waals surface area contributed by atoms with E-state index in [2.05, 4.69) is 153 Å². The molecule has 0 fully saturated rings. The van der Waals surface area contributed by atoms with Crippen LogP contribution in [0.25, 0.3) is 44.7 Å². The van der Waals surface area contributed by atoms with Crippen LogP contribution in [0.5, 0.6) is 0 Å². The van der Waals surface area contributed by atoms with E-state index in [0.29, 0.717) is 11.4 Å². The van der Waals surface area contributed by atoms with Crippen molar-refractivity contribution in [2.45, 2.75) is 27.7 Å². The van der Waals surface area contributed by atoms with E-state index >= 15 is 0 Å². The predicted octanol–water partition coefficient (Wildman–Crippen LogP) is 14.6. The number of pyridine rings is 3. The molecule has 0 atom stereocenters. The molecule has 6 aromatic carbocycles. The van der Waals surface area contributed by atoms with Gasteiger partial charge in [-0.2, -0.15) is 37.0 Å². The number of ketones is 1. The zero-order valence-corrected chi connectivity index (χ0v) is 60.4. The van der Waals surface area contributed by atoms with Crippen LogP contribution < -0.4 is 9.80 Å². The van der Waals surface area contributed by atoms with E-state index in [0.717, 1.165) is 52.3 Å². The Morgan fingerprint density at radius 1 is 0.543 bits per heavy atom. The van der Waals surface area contributed by atoms with Gasteiger partial charge in [0, 0.05) is 158 Å². The number of aliphatic hydroxyl groups excluding tert-OH is 1. The number of allylic oxidation sites excluding steroid dienone is 2. The molecule has 0 unspecified atom stereocenters. The van der Waals surface area contributed by atoms with Crippen molar-refractivity contribution in [3.63, 3.8) is 0 Å². The van der Waals surface area contributed by atoms with Gasteiger partial charge < -0.3 is 43.2 Å². The number of aliphatic hydroxyl groups is 1. The molecule has 4 radical (unpaired) electrons. The van der Waals surface area contributed by atoms with Crippen LogP contribution in [-0.2, 0) is 85.2 Å². The van der Waals surface area contributed by atoms with E-state index in [1.807, 2.05) is 104 Å². The number of para-hydroxylation sites is 4. The van der Waals surface area contributed by atoms with Gasteiger partial charge in [-0.15, -0.1) is 64.8 Å². The smallest absolute Gasteiger partial charge is 0.466 e. The maximum Gasteiger partial charge on any atom is 0.466 e. The fourth-order valence-corrected chi connectivity index (χ4v) is 9.51. The number of aromatic nitrogens is 11. The number of hydrogen-bond donors (Lipinski definition) is 1. The molecular weight excluding hydrogens is 1910 g/mol. The number of rotatable bonds is 9. The zero-order valence-electron chi connectivity index (χ0n) is 50.8. The summed E-state index contributed by atoms with van der Waals surface area (Å²) in [6.45, 7) is 7.26. The molecule has 1 N–H and O–H groups in total. The summed E-state index contributed by atoms with van der Waals surface area (Å²) >= 11 is 0. The Bertz CT molecular complexity index is 4160. The molecule has 13 aromatic rings. The fourth-order valence-electron chi connectivity index (χ4n) is 9.51. The number of fused-ring (bicyclic) bond motifs is 2. The van der Waals surface area contributed by atoms with Crippen molar-refractivity contribution in [3.05, 3.63) is 321 Å². The Hall–Kier alpha value is -8.94. The summed E-state index contributed by atoms with van der Waals surface area (Å²) in [5.41, 5.74) is 10.2. The number of anilines is 3. The van der Waals surface area contributed by atoms with Crippen molar-refractivity contribution in [2.75, 3.05) is 16.8 Å². The van der Waals surface area contributed by atoms with Gasteiger partial charge in [0.1, 0.15) is 0 Å². The topological polar surface area (TPSA) is 154 Å². The van der Waals surface area contributed by atoms with Crippen molar-refractivity contribution >= 4 is 40.4 Å². The van der Waals surface area contributed by atoms with E-state index in [4.69, 9.17) is 10.1 Å². The van der Waals surface area contributed by atoms with Crippen molar-refractivity contribution in [3.8, 4) is 33.8 Å². The molecule has 0 saturated carbocycles. The van der Waals surface area contributed by atoms with Crippen LogP contribution in [0.15, 0.2) is 256 Å². The molecule has 0 spiro atoms. The summed E-state index contributed by atoms with van der Waals surface area (Å²) in [5.74, 6) is -2.63. The quantitative estimate of drug-likeness (QED) is 0.0483. The largest absolute Gasteiger partial charge is 0.512 e. The van der Waals surface area contributed by atoms with Crippen LogP contribution in [0, 0.1) is 68.1 Å². The maximum atomic E-state index is 13.2. The SMILES string of the molecule is CC(=O)C=C(C)O.CN1[CH-]N(c2[c-]cccc2)c2ccccc21.Cc1[c-]c(-c2ccc3ccccc3n2)cc(C)c1.Fc1c[c-]c(-c2ccccn2)c(F)c1.Fc1c[c-]c(-c2ccccn2)c(F)c1.[Ir].[Ir].[Ir].[Ir].c1cnn([B-](n2cccn2)(n2cccn2)n2cccn2)c1. The summed E-state index contributed by atoms with van der Waals surface area (Å²) in [6, 6.07) is 66.1. The van der Waals surface area contributed by atoms with Gasteiger partial charge in [-0.05, 0) is 123 Å². The third-order valence-corrected chi connectivity index (χ3v) is 13.3. The molecule has 15 nitrogen and oxygen atoms in total. The molecule has 14 rings (SSSR count). The van der Waals surface area contributed by atoms with E-state index in [-0.39, 0.29) is 103 Å². The first kappa shape index (κ1) is 75.8. The summed E-state index contributed by atoms with van der Waals surface area (Å²) in [7, 11) is 2.06. The summed E-state index contributed by atoms with van der Waals surface area (Å²) in [6.07, 6.45) is 18.7. The Morgan fingerprint density at radius 2 is 1.03 bits per heavy atom. The Kier molecular flexibility index (Phi) is 29.9. The van der Waals surface area contributed by atoms with Crippen molar-refractivity contribution in [1.29, 1.82) is 0 Å². The van der Waals surface area contributed by atoms with Gasteiger partial charge in [-0.1, -0.05) is 104 Å². The Morgan fingerprint density at radius 3 is 1.46 bits per heavy atom. The molecule has 0 aliphatic carbocycles. The van der Waals surface area contributed by atoms with Gasteiger partial charge in [-0.25, -0.2) is 20.4 Å². The van der Waals surface area contributed by atoms with Gasteiger partial charge in [-0.3, -0.25) is 27.3 Å². The van der Waals surface area contributed by atoms with Crippen LogP contribution in [0.2, 0.25) is 0 Å². The van der Waals surface area contributed by atoms with Crippen molar-refractivity contribution < 1.29 is 108 Å². The standard InChI is InChI=1S/C17H14N.C14H12N2.C12H12BN8.2C11H6F2N.C5H8O2.4Ir/c1-12-9-13(2)11-15(10-12)17-8-7-14-5-3-4-6-16(14)18-17;1-15-11-16(12-7-3-2-4-8-12)14-10-6-5-9-13(14)15;1-5-14-18(9-1)13(19-10-2-6-15-19,20-11-3-7-16-20)21-12-4-8-17-21;2*12-8-4-5-9(10(13)7-8)11-3-1-2-6-14-11;1-4(6)3-5(2)7;;;;/h3-10H,1-2H3;2-7,9-11H,1H3;1-12H;2*1-4,6-7H;3,6H,1-2H3;;;;/q-1;-2;3*-1;;;;;. The molecule has 8 heterocycles. The Balaban J connectivity index is 0.000000207. The van der Waals surface area contributed by atoms with Gasteiger partial charge in [0.15, 0.2) is 5.78 Å². The van der Waals surface area contributed by atoms with Gasteiger partial charge >= 0.3 is 6.69 Å². The summed E-state index contributed by atoms with van der Waals surface area (Å²) < 4.78 is 58.8. The second kappa shape index (κ2) is 37.1. The monoisotopic (exact) mass is 1970 g/mol. The summed E-state index contributed by atoms with van der Waals surface area (Å²) in [4.78, 5) is 26.9. The van der Waals surface area contributed by atoms with Crippen LogP contribution in [0.3, 0.4) is 0 Å². The van der Waals surface area contributed by atoms with Crippen LogP contribution in [0.4, 0.5) is 34.6 Å². The van der Waals surface area contributed by atoms with Crippen molar-refractivity contribution in [2.24, 2.45) is 0 Å². The molecule has 94 heavy (non-hydrogen) atoms. The normalized spacial score (nSPS) is 11.0. The van der Waals surface area contributed by atoms with E-state index in [9.17, 15) is 22.4 Å². The number of carbonyl (C=O) groups is 1. The summed E-state index contributed by atoms with van der Waals surface area (Å²) in [5, 5.41) is 27.2. The first-order valence-corrected chi connectivity index (χ1v) is 28.1. The number of hydrogen-bond acceptors (Lipinski definition) is 11. The fraction of sp³-hybridized carbons (Fsp3) is 0.0714. The minimum Gasteiger partial charge on any atom is -0.512 e. The number of aryl methyl sites for hydroxylation is 2. The molecule has 0 saturated heterocycles. The number of nitrogens with zero attached hydrogens (tertiary/aromatic N) is 13. The first-order chi connectivity index (χ1) is 43.7. The van der Waals surface area contributed by atoms with Crippen LogP contribution in [0.1, 0.15) is 25.0 Å². The van der Waals surface area contributed by atoms with Gasteiger partial charge in [0.05, 0.1) is 11.3 Å². The Labute approximate surface area is 596 Å². The second-order valence-electron chi connectivity index (χ2n) is 20.0. The van der Waals surface area contributed by atoms with E-state index in [1.54, 1.807) is 73.6 Å². The minimum absolute atomic E-state index is 0. The maximum absolute atomic E-state index is 13.2. The predicted molar refractivity (Wildman–Crippen MR) is 342 cm³/mol. The molecule has 7 aromatic heterocycles. The molecule has 488 valence electrons. The van der Waals surface area contributed by atoms with E-state index in [1.165, 1.54) is 42.2 Å². The third-order valence-electron chi connectivity index (χ3n) is 13.3. The average Bonchev–Trinajstić information content (AvgIpc) is 1.54.